The standard InChI is InChI=1S/C21H16OSe/c1-3-9-16(10-4-1)21-18-13-7-8-14-19(18)22-15-20(21)23-17-11-5-2-6-12-17/h1-14H,15H2. The number of hydrogen-bond acceptors (Lipinski definition) is 1. The molecule has 112 valence electrons. The van der Waals surface area contributed by atoms with E-state index < -0.39 is 0 Å². The normalized spacial score (nSPS) is 13.4. The second-order valence-corrected chi connectivity index (χ2v) is 7.82. The van der Waals surface area contributed by atoms with Crippen LogP contribution in [0, 0.1) is 0 Å². The number of para-hydroxylation sites is 1. The second-order valence-electron chi connectivity index (χ2n) is 5.36. The van der Waals surface area contributed by atoms with Gasteiger partial charge in [0.25, 0.3) is 0 Å². The third-order valence-electron chi connectivity index (χ3n) is 3.84. The van der Waals surface area contributed by atoms with Gasteiger partial charge in [-0.25, -0.2) is 0 Å². The van der Waals surface area contributed by atoms with Crippen LogP contribution in [0.5, 0.6) is 5.75 Å². The number of fused-ring (bicyclic) bond motifs is 1. The molecule has 1 nitrogen and oxygen atoms in total. The third kappa shape index (κ3) is 2.96. The van der Waals surface area contributed by atoms with E-state index in [0.717, 1.165) is 5.75 Å². The molecule has 0 saturated heterocycles. The summed E-state index contributed by atoms with van der Waals surface area (Å²) in [6, 6.07) is 29.7. The molecule has 1 aliphatic heterocycles. The van der Waals surface area contributed by atoms with Crippen molar-refractivity contribution in [2.75, 3.05) is 6.61 Å². The fourth-order valence-electron chi connectivity index (χ4n) is 2.80. The van der Waals surface area contributed by atoms with Crippen molar-refractivity contribution in [3.63, 3.8) is 0 Å². The van der Waals surface area contributed by atoms with E-state index in [9.17, 15) is 0 Å². The molecule has 0 radical (unpaired) electrons. The molecule has 3 aromatic carbocycles. The van der Waals surface area contributed by atoms with Gasteiger partial charge in [0.2, 0.25) is 0 Å². The van der Waals surface area contributed by atoms with Gasteiger partial charge >= 0.3 is 143 Å². The van der Waals surface area contributed by atoms with Crippen LogP contribution >= 0.6 is 0 Å². The molecule has 0 N–H and O–H groups in total. The van der Waals surface area contributed by atoms with Gasteiger partial charge in [-0.3, -0.25) is 0 Å². The fraction of sp³-hybridized carbons (Fsp3) is 0.0476. The number of hydrogen-bond donors (Lipinski definition) is 0. The first-order chi connectivity index (χ1) is 11.4. The van der Waals surface area contributed by atoms with Crippen LogP contribution in [0.1, 0.15) is 11.1 Å². The Balaban J connectivity index is 1.86. The molecule has 0 aromatic heterocycles. The summed E-state index contributed by atoms with van der Waals surface area (Å²) in [5, 5.41) is 0. The van der Waals surface area contributed by atoms with E-state index in [2.05, 4.69) is 78.9 Å². The molecule has 3 aromatic rings. The minimum absolute atomic E-state index is 0.264. The SMILES string of the molecule is c1ccc([Se]C2=C(c3ccccc3)c3ccccc3OC2)cc1. The molecule has 4 rings (SSSR count). The second kappa shape index (κ2) is 6.45. The molecule has 1 heterocycles. The van der Waals surface area contributed by atoms with Crippen LogP contribution in [-0.2, 0) is 0 Å². The van der Waals surface area contributed by atoms with Gasteiger partial charge in [0.15, 0.2) is 0 Å². The molecular weight excluding hydrogens is 347 g/mol. The molecule has 0 atom stereocenters. The maximum atomic E-state index is 6.02. The van der Waals surface area contributed by atoms with Gasteiger partial charge in [0.05, 0.1) is 0 Å². The van der Waals surface area contributed by atoms with Crippen LogP contribution in [0.25, 0.3) is 5.57 Å². The van der Waals surface area contributed by atoms with Crippen molar-refractivity contribution in [1.29, 1.82) is 0 Å². The van der Waals surface area contributed by atoms with Crippen molar-refractivity contribution in [3.05, 3.63) is 101 Å². The van der Waals surface area contributed by atoms with Gasteiger partial charge in [-0.2, -0.15) is 0 Å². The van der Waals surface area contributed by atoms with Crippen molar-refractivity contribution < 1.29 is 4.74 Å². The first kappa shape index (κ1) is 14.3. The molecule has 0 fully saturated rings. The predicted molar refractivity (Wildman–Crippen MR) is 96.2 cm³/mol. The van der Waals surface area contributed by atoms with Crippen molar-refractivity contribution in [1.82, 2.24) is 0 Å². The Morgan fingerprint density at radius 2 is 1.35 bits per heavy atom. The topological polar surface area (TPSA) is 9.23 Å². The summed E-state index contributed by atoms with van der Waals surface area (Å²) >= 11 is 0.264. The van der Waals surface area contributed by atoms with Gasteiger partial charge in [-0.15, -0.1) is 0 Å². The average molecular weight is 363 g/mol. The van der Waals surface area contributed by atoms with Crippen LogP contribution < -0.4 is 9.20 Å². The van der Waals surface area contributed by atoms with Crippen molar-refractivity contribution >= 4 is 25.0 Å². The quantitative estimate of drug-likeness (QED) is 0.642. The van der Waals surface area contributed by atoms with E-state index in [1.165, 1.54) is 25.6 Å². The molecule has 0 unspecified atom stereocenters. The molecule has 0 bridgehead atoms. The fourth-order valence-corrected chi connectivity index (χ4v) is 4.95. The summed E-state index contributed by atoms with van der Waals surface area (Å²) in [6.07, 6.45) is 0. The summed E-state index contributed by atoms with van der Waals surface area (Å²) in [6.45, 7) is 0.677. The zero-order chi connectivity index (χ0) is 15.5. The molecule has 0 spiro atoms. The average Bonchev–Trinajstić information content (AvgIpc) is 2.63. The first-order valence-corrected chi connectivity index (χ1v) is 9.37. The molecule has 2 heteroatoms. The zero-order valence-corrected chi connectivity index (χ0v) is 14.3. The Bertz CT molecular complexity index is 838. The van der Waals surface area contributed by atoms with Gasteiger partial charge in [-0.05, 0) is 0 Å². The Morgan fingerprint density at radius 3 is 2.13 bits per heavy atom. The Morgan fingerprint density at radius 1 is 0.696 bits per heavy atom. The van der Waals surface area contributed by atoms with E-state index in [1.807, 2.05) is 6.07 Å². The summed E-state index contributed by atoms with van der Waals surface area (Å²) in [7, 11) is 0. The van der Waals surface area contributed by atoms with Gasteiger partial charge < -0.3 is 0 Å². The predicted octanol–water partition coefficient (Wildman–Crippen LogP) is 3.87. The van der Waals surface area contributed by atoms with Crippen LogP contribution in [0.4, 0.5) is 0 Å². The van der Waals surface area contributed by atoms with Crippen molar-refractivity contribution in [3.8, 4) is 5.75 Å². The van der Waals surface area contributed by atoms with Crippen molar-refractivity contribution in [2.24, 2.45) is 0 Å². The monoisotopic (exact) mass is 364 g/mol. The Kier molecular flexibility index (Phi) is 4.02. The summed E-state index contributed by atoms with van der Waals surface area (Å²) in [5.74, 6) is 0.985. The van der Waals surface area contributed by atoms with E-state index >= 15 is 0 Å². The number of rotatable bonds is 3. The zero-order valence-electron chi connectivity index (χ0n) is 12.6. The van der Waals surface area contributed by atoms with E-state index in [-0.39, 0.29) is 15.0 Å². The number of ether oxygens (including phenoxy) is 1. The third-order valence-corrected chi connectivity index (χ3v) is 6.10. The summed E-state index contributed by atoms with van der Waals surface area (Å²) in [5.41, 5.74) is 3.82. The maximum absolute atomic E-state index is 6.02. The van der Waals surface area contributed by atoms with E-state index in [1.54, 1.807) is 0 Å². The molecular formula is C21H16OSe. The molecule has 0 aliphatic carbocycles. The van der Waals surface area contributed by atoms with Gasteiger partial charge in [0, 0.05) is 0 Å². The van der Waals surface area contributed by atoms with E-state index in [4.69, 9.17) is 4.74 Å². The number of benzene rings is 3. The van der Waals surface area contributed by atoms with Crippen LogP contribution in [0.15, 0.2) is 89.4 Å². The molecule has 23 heavy (non-hydrogen) atoms. The molecule has 0 amide bonds. The Labute approximate surface area is 142 Å². The first-order valence-electron chi connectivity index (χ1n) is 7.65. The van der Waals surface area contributed by atoms with Crippen LogP contribution in [0.2, 0.25) is 0 Å². The van der Waals surface area contributed by atoms with Crippen LogP contribution in [-0.4, -0.2) is 21.6 Å². The van der Waals surface area contributed by atoms with Gasteiger partial charge in [0.1, 0.15) is 0 Å². The van der Waals surface area contributed by atoms with Crippen LogP contribution in [0.3, 0.4) is 0 Å². The van der Waals surface area contributed by atoms with E-state index in [0.29, 0.717) is 6.61 Å². The Hall–Kier alpha value is -2.28. The molecule has 0 saturated carbocycles. The minimum atomic E-state index is 0.264. The summed E-state index contributed by atoms with van der Waals surface area (Å²) < 4.78 is 8.80. The summed E-state index contributed by atoms with van der Waals surface area (Å²) in [4.78, 5) is 0. The molecule has 1 aliphatic rings. The van der Waals surface area contributed by atoms with Crippen molar-refractivity contribution in [2.45, 2.75) is 0 Å². The van der Waals surface area contributed by atoms with Gasteiger partial charge in [-0.1, -0.05) is 0 Å².